The number of rotatable bonds is 5. The number of aromatic nitrogens is 1. The van der Waals surface area contributed by atoms with Crippen LogP contribution in [0.2, 0.25) is 0 Å². The second kappa shape index (κ2) is 6.45. The maximum Gasteiger partial charge on any atom is 0.250 e. The molecule has 23 heavy (non-hydrogen) atoms. The number of nitrogens with zero attached hydrogens (tertiary/aromatic N) is 1. The summed E-state index contributed by atoms with van der Waals surface area (Å²) in [7, 11) is -3.64. The molecule has 2 N–H and O–H groups in total. The van der Waals surface area contributed by atoms with Crippen molar-refractivity contribution in [2.24, 2.45) is 0 Å². The molecule has 0 aliphatic heterocycles. The van der Waals surface area contributed by atoms with Gasteiger partial charge >= 0.3 is 0 Å². The molecule has 1 aromatic carbocycles. The molecule has 0 atom stereocenters. The lowest BCUT2D eigenvalue weighted by molar-refractivity contribution is -0.115. The van der Waals surface area contributed by atoms with Gasteiger partial charge in [-0.15, -0.1) is 11.3 Å². The van der Waals surface area contributed by atoms with Crippen molar-refractivity contribution in [1.29, 1.82) is 0 Å². The summed E-state index contributed by atoms with van der Waals surface area (Å²) in [6.45, 7) is -0.328. The number of fused-ring (bicyclic) bond motifs is 1. The number of pyridine rings is 1. The third-order valence-corrected chi connectivity index (χ3v) is 5.87. The van der Waals surface area contributed by atoms with Crippen molar-refractivity contribution in [2.75, 3.05) is 11.9 Å². The molecule has 118 valence electrons. The first-order valence-electron chi connectivity index (χ1n) is 6.72. The van der Waals surface area contributed by atoms with Crippen LogP contribution in [0.1, 0.15) is 0 Å². The Bertz CT molecular complexity index is 938. The van der Waals surface area contributed by atoms with E-state index in [-0.39, 0.29) is 10.8 Å². The van der Waals surface area contributed by atoms with Gasteiger partial charge in [0.05, 0.1) is 12.1 Å². The van der Waals surface area contributed by atoms with Gasteiger partial charge in [-0.2, -0.15) is 0 Å². The fraction of sp³-hybridized carbons (Fsp3) is 0.0667. The molecule has 0 saturated carbocycles. The van der Waals surface area contributed by atoms with E-state index in [0.717, 1.165) is 22.2 Å². The van der Waals surface area contributed by atoms with Crippen LogP contribution in [0, 0.1) is 0 Å². The van der Waals surface area contributed by atoms with Crippen molar-refractivity contribution in [1.82, 2.24) is 9.71 Å². The van der Waals surface area contributed by atoms with Crippen molar-refractivity contribution in [3.05, 3.63) is 54.0 Å². The molecule has 1 amide bonds. The molecule has 3 aromatic rings. The van der Waals surface area contributed by atoms with Crippen molar-refractivity contribution in [2.45, 2.75) is 4.21 Å². The predicted molar refractivity (Wildman–Crippen MR) is 89.9 cm³/mol. The summed E-state index contributed by atoms with van der Waals surface area (Å²) in [5, 5.41) is 5.22. The van der Waals surface area contributed by atoms with E-state index in [1.807, 2.05) is 12.1 Å². The van der Waals surface area contributed by atoms with Crippen LogP contribution in [0.4, 0.5) is 5.69 Å². The van der Waals surface area contributed by atoms with Crippen molar-refractivity contribution < 1.29 is 13.2 Å². The minimum absolute atomic E-state index is 0.182. The number of hydrogen-bond acceptors (Lipinski definition) is 5. The summed E-state index contributed by atoms with van der Waals surface area (Å²) >= 11 is 1.10. The lowest BCUT2D eigenvalue weighted by Gasteiger charge is -2.07. The van der Waals surface area contributed by atoms with Crippen LogP contribution in [0.25, 0.3) is 10.9 Å². The van der Waals surface area contributed by atoms with Gasteiger partial charge < -0.3 is 5.32 Å². The summed E-state index contributed by atoms with van der Waals surface area (Å²) in [6, 6.07) is 12.1. The van der Waals surface area contributed by atoms with Crippen molar-refractivity contribution in [3.8, 4) is 0 Å². The lowest BCUT2D eigenvalue weighted by Crippen LogP contribution is -2.32. The van der Waals surface area contributed by atoms with Crippen LogP contribution in [0.15, 0.2) is 58.3 Å². The molecule has 0 aliphatic carbocycles. The maximum absolute atomic E-state index is 11.9. The molecule has 0 unspecified atom stereocenters. The first-order valence-corrected chi connectivity index (χ1v) is 9.09. The molecule has 0 spiro atoms. The molecule has 8 heteroatoms. The zero-order valence-electron chi connectivity index (χ0n) is 11.9. The molecule has 0 radical (unpaired) electrons. The van der Waals surface area contributed by atoms with E-state index < -0.39 is 15.9 Å². The topological polar surface area (TPSA) is 88.2 Å². The highest BCUT2D eigenvalue weighted by atomic mass is 32.2. The summed E-state index contributed by atoms with van der Waals surface area (Å²) < 4.78 is 26.3. The van der Waals surface area contributed by atoms with E-state index in [0.29, 0.717) is 5.69 Å². The van der Waals surface area contributed by atoms with Gasteiger partial charge in [-0.05, 0) is 35.7 Å². The first kappa shape index (κ1) is 15.6. The Hall–Kier alpha value is -2.29. The molecular weight excluding hydrogens is 334 g/mol. The SMILES string of the molecule is O=C(CNS(=O)(=O)c1cccs1)Nc1ccc2ncccc2c1. The molecule has 0 fully saturated rings. The van der Waals surface area contributed by atoms with E-state index in [2.05, 4.69) is 15.0 Å². The van der Waals surface area contributed by atoms with Gasteiger partial charge in [-0.25, -0.2) is 13.1 Å². The Kier molecular flexibility index (Phi) is 4.37. The molecule has 2 aromatic heterocycles. The van der Waals surface area contributed by atoms with E-state index in [1.165, 1.54) is 6.07 Å². The molecule has 2 heterocycles. The monoisotopic (exact) mass is 347 g/mol. The van der Waals surface area contributed by atoms with Crippen molar-refractivity contribution in [3.63, 3.8) is 0 Å². The quantitative estimate of drug-likeness (QED) is 0.741. The van der Waals surface area contributed by atoms with Crippen LogP contribution >= 0.6 is 11.3 Å². The van der Waals surface area contributed by atoms with E-state index in [4.69, 9.17) is 0 Å². The van der Waals surface area contributed by atoms with Crippen LogP contribution in [0.5, 0.6) is 0 Å². The normalized spacial score (nSPS) is 11.5. The highest BCUT2D eigenvalue weighted by Crippen LogP contribution is 2.17. The summed E-state index contributed by atoms with van der Waals surface area (Å²) in [5.74, 6) is -0.437. The standard InChI is InChI=1S/C15H13N3O3S2/c19-14(10-17-23(20,21)15-4-2-8-22-15)18-12-5-6-13-11(9-12)3-1-7-16-13/h1-9,17H,10H2,(H,18,19). The number of benzene rings is 1. The third-order valence-electron chi connectivity index (χ3n) is 3.07. The van der Waals surface area contributed by atoms with Gasteiger partial charge in [0.25, 0.3) is 10.0 Å². The number of thiophene rings is 1. The average Bonchev–Trinajstić information content (AvgIpc) is 3.08. The van der Waals surface area contributed by atoms with Gasteiger partial charge in [-0.1, -0.05) is 12.1 Å². The zero-order chi connectivity index (χ0) is 16.3. The van der Waals surface area contributed by atoms with E-state index in [1.54, 1.807) is 35.8 Å². The van der Waals surface area contributed by atoms with Crippen LogP contribution in [-0.2, 0) is 14.8 Å². The van der Waals surface area contributed by atoms with Crippen LogP contribution in [0.3, 0.4) is 0 Å². The van der Waals surface area contributed by atoms with E-state index >= 15 is 0 Å². The Balaban J connectivity index is 1.64. The summed E-state index contributed by atoms with van der Waals surface area (Å²) in [5.41, 5.74) is 1.41. The first-order chi connectivity index (χ1) is 11.0. The van der Waals surface area contributed by atoms with Crippen LogP contribution < -0.4 is 10.0 Å². The smallest absolute Gasteiger partial charge is 0.250 e. The third kappa shape index (κ3) is 3.73. The number of anilines is 1. The van der Waals surface area contributed by atoms with Gasteiger partial charge in [-0.3, -0.25) is 9.78 Å². The minimum Gasteiger partial charge on any atom is -0.325 e. The number of sulfonamides is 1. The molecular formula is C15H13N3O3S2. The fourth-order valence-corrected chi connectivity index (χ4v) is 4.03. The molecule has 0 aliphatic rings. The predicted octanol–water partition coefficient (Wildman–Crippen LogP) is 2.21. The molecule has 0 saturated heterocycles. The number of amides is 1. The summed E-state index contributed by atoms with van der Waals surface area (Å²) in [4.78, 5) is 16.1. The summed E-state index contributed by atoms with van der Waals surface area (Å²) in [6.07, 6.45) is 1.69. The van der Waals surface area contributed by atoms with Gasteiger partial charge in [0, 0.05) is 17.3 Å². The highest BCUT2D eigenvalue weighted by Gasteiger charge is 2.16. The Morgan fingerprint density at radius 3 is 2.83 bits per heavy atom. The van der Waals surface area contributed by atoms with Crippen LogP contribution in [-0.4, -0.2) is 25.9 Å². The average molecular weight is 347 g/mol. The number of hydrogen-bond donors (Lipinski definition) is 2. The van der Waals surface area contributed by atoms with Gasteiger partial charge in [0.1, 0.15) is 4.21 Å². The van der Waals surface area contributed by atoms with Crippen molar-refractivity contribution >= 4 is 43.9 Å². The Labute approximate surface area is 137 Å². The molecule has 6 nitrogen and oxygen atoms in total. The Morgan fingerprint density at radius 2 is 2.04 bits per heavy atom. The molecule has 0 bridgehead atoms. The highest BCUT2D eigenvalue weighted by molar-refractivity contribution is 7.91. The second-order valence-electron chi connectivity index (χ2n) is 4.72. The minimum atomic E-state index is -3.64. The number of carbonyl (C=O) groups excluding carboxylic acids is 1. The molecule has 3 rings (SSSR count). The lowest BCUT2D eigenvalue weighted by atomic mass is 10.2. The maximum atomic E-state index is 11.9. The largest absolute Gasteiger partial charge is 0.325 e. The van der Waals surface area contributed by atoms with E-state index in [9.17, 15) is 13.2 Å². The number of nitrogens with one attached hydrogen (secondary N) is 2. The van der Waals surface area contributed by atoms with Gasteiger partial charge in [0.2, 0.25) is 5.91 Å². The van der Waals surface area contributed by atoms with Gasteiger partial charge in [0.15, 0.2) is 0 Å². The fourth-order valence-electron chi connectivity index (χ4n) is 2.01. The second-order valence-corrected chi connectivity index (χ2v) is 7.66. The Morgan fingerprint density at radius 1 is 1.17 bits per heavy atom. The zero-order valence-corrected chi connectivity index (χ0v) is 13.5. The number of carbonyl (C=O) groups is 1.